The molecule has 2 atom stereocenters. The van der Waals surface area contributed by atoms with Gasteiger partial charge in [-0.15, -0.1) is 0 Å². The van der Waals surface area contributed by atoms with Crippen LogP contribution in [0.5, 0.6) is 0 Å². The van der Waals surface area contributed by atoms with Crippen molar-refractivity contribution >= 4 is 17.7 Å². The Morgan fingerprint density at radius 3 is 2.59 bits per heavy atom. The molecule has 0 radical (unpaired) electrons. The highest BCUT2D eigenvalue weighted by Crippen LogP contribution is 2.27. The van der Waals surface area contributed by atoms with Gasteiger partial charge in [-0.2, -0.15) is 13.8 Å². The first kappa shape index (κ1) is 21.6. The predicted octanol–water partition coefficient (Wildman–Crippen LogP) is 2.94. The van der Waals surface area contributed by atoms with E-state index in [0.29, 0.717) is 43.9 Å². The summed E-state index contributed by atoms with van der Waals surface area (Å²) in [5, 5.41) is 16.4. The number of alkyl halides is 2. The Bertz CT molecular complexity index is 686. The van der Waals surface area contributed by atoms with Gasteiger partial charge < -0.3 is 25.2 Å². The summed E-state index contributed by atoms with van der Waals surface area (Å²) in [7, 11) is 1.29. The van der Waals surface area contributed by atoms with Crippen LogP contribution in [0.25, 0.3) is 0 Å². The number of hydrogen-bond acceptors (Lipinski definition) is 8. The zero-order valence-corrected chi connectivity index (χ0v) is 16.4. The molecule has 0 unspecified atom stereocenters. The van der Waals surface area contributed by atoms with Crippen molar-refractivity contribution in [2.45, 2.75) is 82.3 Å². The molecule has 1 aromatic rings. The number of nitrogens with zero attached hydrogens (tertiary/aromatic N) is 2. The number of esters is 1. The van der Waals surface area contributed by atoms with E-state index in [1.807, 2.05) is 0 Å². The molecule has 2 aliphatic carbocycles. The molecule has 3 N–H and O–H groups in total. The number of aliphatic hydroxyl groups excluding tert-OH is 1. The highest BCUT2D eigenvalue weighted by Gasteiger charge is 2.26. The molecule has 162 valence electrons. The molecule has 10 heteroatoms. The summed E-state index contributed by atoms with van der Waals surface area (Å²) >= 11 is 0. The number of nitrogens with one attached hydrogen (secondary N) is 2. The van der Waals surface area contributed by atoms with Crippen LogP contribution >= 0.6 is 0 Å². The number of rotatable bonds is 7. The summed E-state index contributed by atoms with van der Waals surface area (Å²) in [5.41, 5.74) is 0.229. The molecule has 2 saturated carbocycles. The van der Waals surface area contributed by atoms with Gasteiger partial charge in [0.15, 0.2) is 0 Å². The molecule has 2 aliphatic rings. The van der Waals surface area contributed by atoms with Crippen LogP contribution in [0.15, 0.2) is 6.20 Å². The molecule has 0 aliphatic heterocycles. The Labute approximate surface area is 168 Å². The van der Waals surface area contributed by atoms with Crippen LogP contribution in [0.3, 0.4) is 0 Å². The second-order valence-corrected chi connectivity index (χ2v) is 7.62. The van der Waals surface area contributed by atoms with Crippen LogP contribution in [0.4, 0.5) is 20.5 Å². The summed E-state index contributed by atoms with van der Waals surface area (Å²) in [6, 6.07) is 0.0488. The van der Waals surface area contributed by atoms with Crippen LogP contribution in [-0.4, -0.2) is 59.1 Å². The van der Waals surface area contributed by atoms with Crippen molar-refractivity contribution in [3.8, 4) is 0 Å². The van der Waals surface area contributed by atoms with Crippen molar-refractivity contribution in [3.63, 3.8) is 0 Å². The zero-order valence-electron chi connectivity index (χ0n) is 16.4. The van der Waals surface area contributed by atoms with Crippen molar-refractivity contribution in [2.75, 3.05) is 17.7 Å². The number of methoxy groups -OCH3 is 1. The number of halogens is 2. The lowest BCUT2D eigenvalue weighted by Gasteiger charge is -2.29. The Hall–Kier alpha value is -2.07. The van der Waals surface area contributed by atoms with Gasteiger partial charge in [0.25, 0.3) is 0 Å². The summed E-state index contributed by atoms with van der Waals surface area (Å²) in [6.45, 7) is -2.74. The van der Waals surface area contributed by atoms with Crippen molar-refractivity contribution in [2.24, 2.45) is 0 Å². The second-order valence-electron chi connectivity index (χ2n) is 7.62. The lowest BCUT2D eigenvalue weighted by molar-refractivity contribution is -0.169. The SMILES string of the molecule is COC(=O)c1cnc(NC2CCC(OC(F)F)CC2)nc1N[C@@H]1CCC[C@@H](O)C1. The molecule has 3 rings (SSSR count). The minimum Gasteiger partial charge on any atom is -0.465 e. The maximum Gasteiger partial charge on any atom is 0.345 e. The quantitative estimate of drug-likeness (QED) is 0.585. The fraction of sp³-hybridized carbons (Fsp3) is 0.737. The number of aliphatic hydroxyl groups is 1. The molecule has 0 bridgehead atoms. The van der Waals surface area contributed by atoms with Gasteiger partial charge in [-0.1, -0.05) is 0 Å². The molecule has 0 saturated heterocycles. The fourth-order valence-corrected chi connectivity index (χ4v) is 3.98. The van der Waals surface area contributed by atoms with E-state index in [2.05, 4.69) is 25.3 Å². The highest BCUT2D eigenvalue weighted by molar-refractivity contribution is 5.94. The predicted molar refractivity (Wildman–Crippen MR) is 102 cm³/mol. The average Bonchev–Trinajstić information content (AvgIpc) is 2.69. The normalized spacial score (nSPS) is 27.5. The number of anilines is 2. The van der Waals surface area contributed by atoms with Crippen LogP contribution < -0.4 is 10.6 Å². The largest absolute Gasteiger partial charge is 0.465 e. The number of carbonyl (C=O) groups is 1. The molecule has 29 heavy (non-hydrogen) atoms. The number of carbonyl (C=O) groups excluding carboxylic acids is 1. The molecule has 0 aromatic carbocycles. The smallest absolute Gasteiger partial charge is 0.345 e. The van der Waals surface area contributed by atoms with Gasteiger partial charge in [0, 0.05) is 18.3 Å². The minimum absolute atomic E-state index is 0.00633. The van der Waals surface area contributed by atoms with E-state index in [1.165, 1.54) is 13.3 Å². The molecular formula is C19H28F2N4O4. The number of aromatic nitrogens is 2. The third-order valence-electron chi connectivity index (χ3n) is 5.48. The van der Waals surface area contributed by atoms with E-state index < -0.39 is 18.7 Å². The number of hydrogen-bond donors (Lipinski definition) is 3. The van der Waals surface area contributed by atoms with Crippen molar-refractivity contribution in [1.29, 1.82) is 0 Å². The van der Waals surface area contributed by atoms with E-state index in [9.17, 15) is 18.7 Å². The number of ether oxygens (including phenoxy) is 2. The zero-order chi connectivity index (χ0) is 20.8. The third kappa shape index (κ3) is 6.20. The molecule has 2 fully saturated rings. The highest BCUT2D eigenvalue weighted by atomic mass is 19.3. The Morgan fingerprint density at radius 1 is 1.17 bits per heavy atom. The average molecular weight is 414 g/mol. The Balaban J connectivity index is 1.66. The van der Waals surface area contributed by atoms with Crippen LogP contribution in [0.1, 0.15) is 61.7 Å². The van der Waals surface area contributed by atoms with Gasteiger partial charge in [-0.05, 0) is 51.4 Å². The van der Waals surface area contributed by atoms with E-state index in [0.717, 1.165) is 19.3 Å². The van der Waals surface area contributed by atoms with Gasteiger partial charge >= 0.3 is 12.6 Å². The summed E-state index contributed by atoms with van der Waals surface area (Å²) < 4.78 is 34.1. The summed E-state index contributed by atoms with van der Waals surface area (Å²) in [6.07, 6.45) is 6.14. The first-order chi connectivity index (χ1) is 13.9. The second kappa shape index (κ2) is 10.1. The van der Waals surface area contributed by atoms with Gasteiger partial charge in [0.1, 0.15) is 11.4 Å². The molecule has 0 spiro atoms. The Kier molecular flexibility index (Phi) is 7.54. The standard InChI is InChI=1S/C19H28F2N4O4/c1-28-17(27)15-10-22-19(24-11-5-7-14(8-6-11)29-18(20)21)25-16(15)23-12-3-2-4-13(26)9-12/h10-14,18,26H,2-9H2,1H3,(H2,22,23,24,25)/t11?,12-,13-,14?/m1/s1. The summed E-state index contributed by atoms with van der Waals surface area (Å²) in [4.78, 5) is 20.7. The monoisotopic (exact) mass is 414 g/mol. The van der Waals surface area contributed by atoms with Crippen molar-refractivity contribution in [3.05, 3.63) is 11.8 Å². The van der Waals surface area contributed by atoms with Gasteiger partial charge in [-0.3, -0.25) is 0 Å². The Morgan fingerprint density at radius 2 is 1.93 bits per heavy atom. The van der Waals surface area contributed by atoms with Gasteiger partial charge in [-0.25, -0.2) is 9.78 Å². The van der Waals surface area contributed by atoms with Crippen molar-refractivity contribution < 1.29 is 28.2 Å². The molecule has 8 nitrogen and oxygen atoms in total. The summed E-state index contributed by atoms with van der Waals surface area (Å²) in [5.74, 6) is 0.179. The first-order valence-corrected chi connectivity index (χ1v) is 10.0. The van der Waals surface area contributed by atoms with E-state index in [4.69, 9.17) is 4.74 Å². The van der Waals surface area contributed by atoms with E-state index in [-0.39, 0.29) is 23.8 Å². The van der Waals surface area contributed by atoms with Crippen LogP contribution in [0, 0.1) is 0 Å². The molecule has 0 amide bonds. The van der Waals surface area contributed by atoms with Gasteiger partial charge in [0.2, 0.25) is 5.95 Å². The lowest BCUT2D eigenvalue weighted by atomic mass is 9.93. The molecular weight excluding hydrogens is 386 g/mol. The maximum absolute atomic E-state index is 12.3. The minimum atomic E-state index is -2.74. The lowest BCUT2D eigenvalue weighted by Crippen LogP contribution is -2.32. The van der Waals surface area contributed by atoms with Crippen LogP contribution in [0.2, 0.25) is 0 Å². The topological polar surface area (TPSA) is 106 Å². The fourth-order valence-electron chi connectivity index (χ4n) is 3.98. The van der Waals surface area contributed by atoms with Gasteiger partial charge in [0.05, 0.1) is 19.3 Å². The van der Waals surface area contributed by atoms with Crippen LogP contribution in [-0.2, 0) is 9.47 Å². The third-order valence-corrected chi connectivity index (χ3v) is 5.48. The maximum atomic E-state index is 12.3. The van der Waals surface area contributed by atoms with E-state index >= 15 is 0 Å². The first-order valence-electron chi connectivity index (χ1n) is 10.0. The van der Waals surface area contributed by atoms with Crippen molar-refractivity contribution in [1.82, 2.24) is 9.97 Å². The molecule has 1 aromatic heterocycles. The molecule has 1 heterocycles. The van der Waals surface area contributed by atoms with E-state index in [1.54, 1.807) is 0 Å².